The molecule has 0 radical (unpaired) electrons. The lowest BCUT2D eigenvalue weighted by atomic mass is 10.2. The molecule has 0 bridgehead atoms. The summed E-state index contributed by atoms with van der Waals surface area (Å²) in [6.45, 7) is 9.03. The highest BCUT2D eigenvalue weighted by Crippen LogP contribution is 2.36. The third-order valence-corrected chi connectivity index (χ3v) is 2.69. The Labute approximate surface area is 99.9 Å². The fourth-order valence-corrected chi connectivity index (χ4v) is 1.54. The smallest absolute Gasteiger partial charge is 0.407 e. The Kier molecular flexibility index (Phi) is 9.06. The molecular weight excluding hydrogens is 202 g/mol. The molecule has 1 fully saturated rings. The minimum Gasteiger partial charge on any atom is -0.446 e. The molecule has 0 aromatic carbocycles. The first-order chi connectivity index (χ1) is 7.77. The summed E-state index contributed by atoms with van der Waals surface area (Å²) in [7, 11) is 0. The standard InChI is InChI=1S/C11H21NO2.C2H6/c1-3-5-6-7-12-11(13)14-10-8-9(10)4-2;1-2/h9-10H,3-8H2,1-2H3,(H,12,13);1-2H3. The van der Waals surface area contributed by atoms with Crippen LogP contribution in [0.25, 0.3) is 0 Å². The molecule has 96 valence electrons. The molecule has 1 saturated carbocycles. The molecule has 1 rings (SSSR count). The van der Waals surface area contributed by atoms with Crippen LogP contribution in [0, 0.1) is 5.92 Å². The minimum absolute atomic E-state index is 0.200. The van der Waals surface area contributed by atoms with Gasteiger partial charge in [0.1, 0.15) is 6.10 Å². The van der Waals surface area contributed by atoms with E-state index in [-0.39, 0.29) is 12.2 Å². The van der Waals surface area contributed by atoms with Gasteiger partial charge in [0.05, 0.1) is 0 Å². The second kappa shape index (κ2) is 9.49. The van der Waals surface area contributed by atoms with E-state index < -0.39 is 0 Å². The molecule has 0 spiro atoms. The largest absolute Gasteiger partial charge is 0.446 e. The van der Waals surface area contributed by atoms with Crippen LogP contribution in [-0.2, 0) is 4.74 Å². The van der Waals surface area contributed by atoms with Crippen molar-refractivity contribution in [3.8, 4) is 0 Å². The van der Waals surface area contributed by atoms with E-state index in [0.717, 1.165) is 25.8 Å². The zero-order valence-corrected chi connectivity index (χ0v) is 11.2. The summed E-state index contributed by atoms with van der Waals surface area (Å²) in [6, 6.07) is 0. The summed E-state index contributed by atoms with van der Waals surface area (Å²) in [4.78, 5) is 11.2. The molecule has 0 saturated heterocycles. The highest BCUT2D eigenvalue weighted by atomic mass is 16.6. The molecule has 1 N–H and O–H groups in total. The van der Waals surface area contributed by atoms with Crippen molar-refractivity contribution in [2.45, 2.75) is 65.9 Å². The summed E-state index contributed by atoms with van der Waals surface area (Å²) in [5.74, 6) is 0.622. The summed E-state index contributed by atoms with van der Waals surface area (Å²) >= 11 is 0. The van der Waals surface area contributed by atoms with Crippen molar-refractivity contribution in [2.24, 2.45) is 5.92 Å². The number of hydrogen-bond acceptors (Lipinski definition) is 2. The van der Waals surface area contributed by atoms with Gasteiger partial charge in [0.15, 0.2) is 0 Å². The van der Waals surface area contributed by atoms with Gasteiger partial charge in [0.25, 0.3) is 0 Å². The molecule has 1 aliphatic carbocycles. The highest BCUT2D eigenvalue weighted by Gasteiger charge is 2.38. The van der Waals surface area contributed by atoms with E-state index in [1.807, 2.05) is 13.8 Å². The average Bonchev–Trinajstić information content (AvgIpc) is 3.05. The third kappa shape index (κ3) is 6.70. The predicted octanol–water partition coefficient (Wildman–Crippen LogP) is 3.73. The van der Waals surface area contributed by atoms with E-state index in [0.29, 0.717) is 5.92 Å². The van der Waals surface area contributed by atoms with Crippen LogP contribution in [0.15, 0.2) is 0 Å². The number of rotatable bonds is 6. The molecule has 2 atom stereocenters. The van der Waals surface area contributed by atoms with E-state index in [1.165, 1.54) is 12.8 Å². The van der Waals surface area contributed by atoms with Crippen LogP contribution < -0.4 is 5.32 Å². The van der Waals surface area contributed by atoms with Crippen LogP contribution in [0.5, 0.6) is 0 Å². The molecule has 0 aromatic rings. The Morgan fingerprint density at radius 1 is 1.31 bits per heavy atom. The van der Waals surface area contributed by atoms with Gasteiger partial charge in [-0.15, -0.1) is 0 Å². The molecule has 16 heavy (non-hydrogen) atoms. The van der Waals surface area contributed by atoms with Crippen LogP contribution in [0.4, 0.5) is 4.79 Å². The molecule has 0 aliphatic heterocycles. The van der Waals surface area contributed by atoms with E-state index in [1.54, 1.807) is 0 Å². The quantitative estimate of drug-likeness (QED) is 0.705. The zero-order valence-electron chi connectivity index (χ0n) is 11.2. The fourth-order valence-electron chi connectivity index (χ4n) is 1.54. The van der Waals surface area contributed by atoms with Gasteiger partial charge in [-0.05, 0) is 25.2 Å². The number of ether oxygens (including phenoxy) is 1. The normalized spacial score (nSPS) is 21.8. The van der Waals surface area contributed by atoms with Gasteiger partial charge in [0, 0.05) is 6.54 Å². The number of alkyl carbamates (subject to hydrolysis) is 1. The summed E-state index contributed by atoms with van der Waals surface area (Å²) in [5.41, 5.74) is 0. The molecule has 3 heteroatoms. The monoisotopic (exact) mass is 229 g/mol. The Morgan fingerprint density at radius 2 is 2.00 bits per heavy atom. The number of carbonyl (C=O) groups is 1. The Balaban J connectivity index is 0.00000106. The SMILES string of the molecule is CC.CCCCCNC(=O)OC1CC1CC. The molecule has 2 unspecified atom stereocenters. The summed E-state index contributed by atoms with van der Waals surface area (Å²) in [5, 5.41) is 2.77. The van der Waals surface area contributed by atoms with Crippen molar-refractivity contribution < 1.29 is 9.53 Å². The van der Waals surface area contributed by atoms with Crippen LogP contribution in [0.2, 0.25) is 0 Å². The second-order valence-corrected chi connectivity index (χ2v) is 3.98. The molecule has 1 aliphatic rings. The van der Waals surface area contributed by atoms with Crippen molar-refractivity contribution in [1.82, 2.24) is 5.32 Å². The zero-order chi connectivity index (χ0) is 12.4. The average molecular weight is 229 g/mol. The lowest BCUT2D eigenvalue weighted by molar-refractivity contribution is 0.133. The summed E-state index contributed by atoms with van der Waals surface area (Å²) < 4.78 is 5.19. The Morgan fingerprint density at radius 3 is 2.50 bits per heavy atom. The van der Waals surface area contributed by atoms with Crippen LogP contribution in [0.1, 0.15) is 59.8 Å². The van der Waals surface area contributed by atoms with E-state index >= 15 is 0 Å². The Hall–Kier alpha value is -0.730. The Bertz CT molecular complexity index is 183. The lowest BCUT2D eigenvalue weighted by Crippen LogP contribution is -2.26. The topological polar surface area (TPSA) is 38.3 Å². The van der Waals surface area contributed by atoms with Gasteiger partial charge in [-0.2, -0.15) is 0 Å². The van der Waals surface area contributed by atoms with E-state index in [9.17, 15) is 4.79 Å². The highest BCUT2D eigenvalue weighted by molar-refractivity contribution is 5.67. The van der Waals surface area contributed by atoms with Crippen molar-refractivity contribution in [3.05, 3.63) is 0 Å². The maximum atomic E-state index is 11.2. The number of hydrogen-bond donors (Lipinski definition) is 1. The van der Waals surface area contributed by atoms with E-state index in [2.05, 4.69) is 19.2 Å². The van der Waals surface area contributed by atoms with Crippen molar-refractivity contribution >= 4 is 6.09 Å². The van der Waals surface area contributed by atoms with Crippen molar-refractivity contribution in [3.63, 3.8) is 0 Å². The maximum Gasteiger partial charge on any atom is 0.407 e. The first-order valence-corrected chi connectivity index (χ1v) is 6.72. The molecule has 1 amide bonds. The van der Waals surface area contributed by atoms with Crippen LogP contribution in [-0.4, -0.2) is 18.7 Å². The van der Waals surface area contributed by atoms with Gasteiger partial charge < -0.3 is 10.1 Å². The van der Waals surface area contributed by atoms with Gasteiger partial charge in [-0.1, -0.05) is 40.5 Å². The molecule has 3 nitrogen and oxygen atoms in total. The van der Waals surface area contributed by atoms with Crippen molar-refractivity contribution in [2.75, 3.05) is 6.54 Å². The number of unbranched alkanes of at least 4 members (excludes halogenated alkanes) is 2. The fraction of sp³-hybridized carbons (Fsp3) is 0.923. The minimum atomic E-state index is -0.234. The number of nitrogens with one attached hydrogen (secondary N) is 1. The third-order valence-electron chi connectivity index (χ3n) is 2.69. The van der Waals surface area contributed by atoms with Gasteiger partial charge in [-0.25, -0.2) is 4.79 Å². The number of carbonyl (C=O) groups excluding carboxylic acids is 1. The van der Waals surface area contributed by atoms with Crippen molar-refractivity contribution in [1.29, 1.82) is 0 Å². The number of amides is 1. The lowest BCUT2D eigenvalue weighted by Gasteiger charge is -2.05. The predicted molar refractivity (Wildman–Crippen MR) is 67.5 cm³/mol. The second-order valence-electron chi connectivity index (χ2n) is 3.98. The first-order valence-electron chi connectivity index (χ1n) is 6.72. The maximum absolute atomic E-state index is 11.2. The first kappa shape index (κ1) is 15.3. The van der Waals surface area contributed by atoms with E-state index in [4.69, 9.17) is 4.74 Å². The van der Waals surface area contributed by atoms with Gasteiger partial charge >= 0.3 is 6.09 Å². The summed E-state index contributed by atoms with van der Waals surface area (Å²) in [6.07, 6.45) is 5.53. The van der Waals surface area contributed by atoms with Gasteiger partial charge in [0.2, 0.25) is 0 Å². The van der Waals surface area contributed by atoms with Crippen LogP contribution in [0.3, 0.4) is 0 Å². The molecular formula is C13H27NO2. The van der Waals surface area contributed by atoms with Crippen LogP contribution >= 0.6 is 0 Å². The molecule has 0 aromatic heterocycles. The molecule has 0 heterocycles. The van der Waals surface area contributed by atoms with Gasteiger partial charge in [-0.3, -0.25) is 0 Å².